The number of nitrogens with zero attached hydrogens (tertiary/aromatic N) is 2. The van der Waals surface area contributed by atoms with Gasteiger partial charge in [-0.1, -0.05) is 23.4 Å². The van der Waals surface area contributed by atoms with Crippen LogP contribution in [-0.4, -0.2) is 21.9 Å². The molecule has 1 aromatic heterocycles. The highest BCUT2D eigenvalue weighted by atomic mass is 35.5. The Kier molecular flexibility index (Phi) is 5.90. The van der Waals surface area contributed by atoms with Crippen molar-refractivity contribution >= 4 is 35.0 Å². The number of carbonyl (C=O) groups is 1. The lowest BCUT2D eigenvalue weighted by Gasteiger charge is -2.13. The Hall–Kier alpha value is -2.59. The summed E-state index contributed by atoms with van der Waals surface area (Å²) in [6.45, 7) is 0. The number of hydrogen-bond donors (Lipinski definition) is 1. The third-order valence-corrected chi connectivity index (χ3v) is 4.44. The van der Waals surface area contributed by atoms with Gasteiger partial charge in [0.2, 0.25) is 11.8 Å². The van der Waals surface area contributed by atoms with Gasteiger partial charge in [-0.05, 0) is 42.5 Å². The largest absolute Gasteiger partial charge is 0.418 e. The van der Waals surface area contributed by atoms with Gasteiger partial charge in [0, 0.05) is 10.6 Å². The summed E-state index contributed by atoms with van der Waals surface area (Å²) in [5.74, 6) is -1.25. The summed E-state index contributed by atoms with van der Waals surface area (Å²) < 4.78 is 57.4. The van der Waals surface area contributed by atoms with Gasteiger partial charge in [-0.25, -0.2) is 4.39 Å². The summed E-state index contributed by atoms with van der Waals surface area (Å²) in [5.41, 5.74) is -0.962. The van der Waals surface area contributed by atoms with Crippen molar-refractivity contribution in [1.82, 2.24) is 10.2 Å². The molecule has 146 valence electrons. The molecule has 0 aliphatic carbocycles. The van der Waals surface area contributed by atoms with Gasteiger partial charge in [-0.15, -0.1) is 10.2 Å². The summed E-state index contributed by atoms with van der Waals surface area (Å²) in [7, 11) is 0. The van der Waals surface area contributed by atoms with Crippen LogP contribution in [0, 0.1) is 5.82 Å². The summed E-state index contributed by atoms with van der Waals surface area (Å²) in [4.78, 5) is 12.0. The molecule has 3 aromatic rings. The quantitative estimate of drug-likeness (QED) is 0.440. The maximum absolute atomic E-state index is 13.0. The van der Waals surface area contributed by atoms with Crippen molar-refractivity contribution < 1.29 is 26.8 Å². The second-order valence-electron chi connectivity index (χ2n) is 5.40. The molecule has 1 amide bonds. The SMILES string of the molecule is O=C(CSc1nnc(-c2ccc(F)cc2)o1)Nc1ccc(Cl)cc1C(F)(F)F. The zero-order valence-corrected chi connectivity index (χ0v) is 15.3. The van der Waals surface area contributed by atoms with Gasteiger partial charge in [0.1, 0.15) is 5.82 Å². The van der Waals surface area contributed by atoms with Crippen molar-refractivity contribution in [2.75, 3.05) is 11.1 Å². The second-order valence-corrected chi connectivity index (χ2v) is 6.77. The minimum atomic E-state index is -4.67. The third-order valence-electron chi connectivity index (χ3n) is 3.39. The van der Waals surface area contributed by atoms with Gasteiger partial charge >= 0.3 is 6.18 Å². The van der Waals surface area contributed by atoms with E-state index in [1.165, 1.54) is 30.3 Å². The first-order valence-corrected chi connectivity index (χ1v) is 8.97. The number of benzene rings is 2. The molecule has 0 fully saturated rings. The molecule has 0 aliphatic rings. The van der Waals surface area contributed by atoms with E-state index in [0.717, 1.165) is 23.9 Å². The Labute approximate surface area is 165 Å². The normalized spacial score (nSPS) is 11.5. The molecule has 0 atom stereocenters. The van der Waals surface area contributed by atoms with Crippen LogP contribution in [0.4, 0.5) is 23.2 Å². The molecule has 0 saturated carbocycles. The van der Waals surface area contributed by atoms with E-state index in [1.807, 2.05) is 0 Å². The first kappa shape index (κ1) is 20.2. The molecular formula is C17H10ClF4N3O2S. The number of anilines is 1. The predicted octanol–water partition coefficient (Wildman–Crippen LogP) is 5.28. The summed E-state index contributed by atoms with van der Waals surface area (Å²) >= 11 is 6.45. The number of nitrogens with one attached hydrogen (secondary N) is 1. The van der Waals surface area contributed by atoms with Crippen molar-refractivity contribution in [3.05, 3.63) is 58.9 Å². The molecule has 0 unspecified atom stereocenters. The van der Waals surface area contributed by atoms with Crippen LogP contribution in [-0.2, 0) is 11.0 Å². The van der Waals surface area contributed by atoms with E-state index in [2.05, 4.69) is 15.5 Å². The van der Waals surface area contributed by atoms with Crippen molar-refractivity contribution in [3.63, 3.8) is 0 Å². The van der Waals surface area contributed by atoms with Gasteiger partial charge < -0.3 is 9.73 Å². The average Bonchev–Trinajstić information content (AvgIpc) is 3.10. The van der Waals surface area contributed by atoms with Crippen molar-refractivity contribution in [2.45, 2.75) is 11.4 Å². The molecule has 0 spiro atoms. The molecule has 28 heavy (non-hydrogen) atoms. The molecule has 0 saturated heterocycles. The van der Waals surface area contributed by atoms with E-state index in [1.54, 1.807) is 0 Å². The Balaban J connectivity index is 1.63. The molecule has 0 radical (unpaired) electrons. The summed E-state index contributed by atoms with van der Waals surface area (Å²) in [5, 5.41) is 9.65. The van der Waals surface area contributed by atoms with E-state index in [-0.39, 0.29) is 21.9 Å². The van der Waals surface area contributed by atoms with Gasteiger partial charge in [0.15, 0.2) is 0 Å². The van der Waals surface area contributed by atoms with Gasteiger partial charge in [0.25, 0.3) is 5.22 Å². The smallest absolute Gasteiger partial charge is 0.411 e. The Morgan fingerprint density at radius 1 is 1.14 bits per heavy atom. The summed E-state index contributed by atoms with van der Waals surface area (Å²) in [6, 6.07) is 8.40. The van der Waals surface area contributed by atoms with Gasteiger partial charge in [0.05, 0.1) is 17.0 Å². The first-order valence-electron chi connectivity index (χ1n) is 7.61. The van der Waals surface area contributed by atoms with E-state index in [4.69, 9.17) is 16.0 Å². The Bertz CT molecular complexity index is 993. The maximum atomic E-state index is 13.0. The molecule has 2 aromatic carbocycles. The molecule has 1 heterocycles. The van der Waals surface area contributed by atoms with E-state index >= 15 is 0 Å². The van der Waals surface area contributed by atoms with E-state index < -0.39 is 29.2 Å². The highest BCUT2D eigenvalue weighted by Crippen LogP contribution is 2.36. The fourth-order valence-corrected chi connectivity index (χ4v) is 2.89. The molecule has 0 bridgehead atoms. The predicted molar refractivity (Wildman–Crippen MR) is 95.5 cm³/mol. The van der Waals surface area contributed by atoms with Crippen molar-refractivity contribution in [3.8, 4) is 11.5 Å². The lowest BCUT2D eigenvalue weighted by Crippen LogP contribution is -2.18. The fourth-order valence-electron chi connectivity index (χ4n) is 2.15. The third kappa shape index (κ3) is 5.02. The fraction of sp³-hybridized carbons (Fsp3) is 0.118. The molecular weight excluding hydrogens is 422 g/mol. The minimum Gasteiger partial charge on any atom is -0.411 e. The number of alkyl halides is 3. The number of hydrogen-bond acceptors (Lipinski definition) is 5. The van der Waals surface area contributed by atoms with Crippen LogP contribution in [0.5, 0.6) is 0 Å². The van der Waals surface area contributed by atoms with Gasteiger partial charge in [-0.3, -0.25) is 4.79 Å². The van der Waals surface area contributed by atoms with Crippen LogP contribution < -0.4 is 5.32 Å². The Morgan fingerprint density at radius 2 is 1.86 bits per heavy atom. The molecule has 3 rings (SSSR count). The lowest BCUT2D eigenvalue weighted by molar-refractivity contribution is -0.137. The van der Waals surface area contributed by atoms with Crippen LogP contribution in [0.1, 0.15) is 5.56 Å². The van der Waals surface area contributed by atoms with Crippen molar-refractivity contribution in [2.24, 2.45) is 0 Å². The first-order chi connectivity index (χ1) is 13.2. The monoisotopic (exact) mass is 431 g/mol. The van der Waals surface area contributed by atoms with Gasteiger partial charge in [-0.2, -0.15) is 13.2 Å². The van der Waals surface area contributed by atoms with Crippen LogP contribution in [0.25, 0.3) is 11.5 Å². The summed E-state index contributed by atoms with van der Waals surface area (Å²) in [6.07, 6.45) is -4.67. The highest BCUT2D eigenvalue weighted by Gasteiger charge is 2.34. The zero-order valence-electron chi connectivity index (χ0n) is 13.8. The molecule has 1 N–H and O–H groups in total. The number of amides is 1. The number of carbonyl (C=O) groups excluding carboxylic acids is 1. The van der Waals surface area contributed by atoms with Crippen LogP contribution in [0.2, 0.25) is 5.02 Å². The Morgan fingerprint density at radius 3 is 2.54 bits per heavy atom. The van der Waals surface area contributed by atoms with E-state index in [9.17, 15) is 22.4 Å². The minimum absolute atomic E-state index is 0.0432. The number of thioether (sulfide) groups is 1. The molecule has 11 heteroatoms. The topological polar surface area (TPSA) is 68.0 Å². The highest BCUT2D eigenvalue weighted by molar-refractivity contribution is 7.99. The number of rotatable bonds is 5. The van der Waals surface area contributed by atoms with Crippen molar-refractivity contribution in [1.29, 1.82) is 0 Å². The maximum Gasteiger partial charge on any atom is 0.418 e. The second kappa shape index (κ2) is 8.19. The standard InChI is InChI=1S/C17H10ClF4N3O2S/c18-10-3-6-13(12(7-10)17(20,21)22)23-14(26)8-28-16-25-24-15(27-16)9-1-4-11(19)5-2-9/h1-7H,8H2,(H,23,26). The van der Waals surface area contributed by atoms with E-state index in [0.29, 0.717) is 5.56 Å². The lowest BCUT2D eigenvalue weighted by atomic mass is 10.1. The zero-order chi connectivity index (χ0) is 20.3. The molecule has 0 aliphatic heterocycles. The molecule has 5 nitrogen and oxygen atoms in total. The number of halogens is 5. The number of aromatic nitrogens is 2. The average molecular weight is 432 g/mol. The van der Waals surface area contributed by atoms with Crippen LogP contribution >= 0.6 is 23.4 Å². The van der Waals surface area contributed by atoms with Crippen LogP contribution in [0.3, 0.4) is 0 Å². The van der Waals surface area contributed by atoms with Crippen LogP contribution in [0.15, 0.2) is 52.1 Å².